The largest absolute Gasteiger partial charge is 0.0832 e. The molecule has 0 heterocycles. The van der Waals surface area contributed by atoms with Gasteiger partial charge < -0.3 is 0 Å². The van der Waals surface area contributed by atoms with E-state index in [-0.39, 0.29) is 0 Å². The number of hydrogen-bond acceptors (Lipinski definition) is 0. The highest BCUT2D eigenvalue weighted by Crippen LogP contribution is 2.40. The van der Waals surface area contributed by atoms with Crippen LogP contribution >= 0.6 is 15.9 Å². The van der Waals surface area contributed by atoms with Crippen LogP contribution in [0.15, 0.2) is 54.6 Å². The van der Waals surface area contributed by atoms with Crippen LogP contribution in [0.25, 0.3) is 0 Å². The summed E-state index contributed by atoms with van der Waals surface area (Å²) in [6, 6.07) is 19.8. The van der Waals surface area contributed by atoms with E-state index in [1.54, 1.807) is 0 Å². The molecule has 2 aromatic carbocycles. The van der Waals surface area contributed by atoms with Crippen molar-refractivity contribution < 1.29 is 0 Å². The lowest BCUT2D eigenvalue weighted by Gasteiger charge is -2.22. The Kier molecular flexibility index (Phi) is 5.21. The van der Waals surface area contributed by atoms with Crippen LogP contribution in [0.5, 0.6) is 0 Å². The zero-order valence-corrected chi connectivity index (χ0v) is 13.2. The first kappa shape index (κ1) is 14.3. The van der Waals surface area contributed by atoms with E-state index in [9.17, 15) is 0 Å². The molecular weight excluding hydrogens is 296 g/mol. The SMILES string of the molecule is CCc1ccc(C(Br)C(CC)c2ccccc2)cc1. The zero-order valence-electron chi connectivity index (χ0n) is 11.6. The first-order valence-electron chi connectivity index (χ1n) is 7.04. The monoisotopic (exact) mass is 316 g/mol. The average Bonchev–Trinajstić information content (AvgIpc) is 2.49. The maximum atomic E-state index is 3.90. The second-order valence-corrected chi connectivity index (χ2v) is 5.91. The van der Waals surface area contributed by atoms with Gasteiger partial charge in [0, 0.05) is 10.7 Å². The number of rotatable bonds is 5. The van der Waals surface area contributed by atoms with Crippen molar-refractivity contribution in [2.75, 3.05) is 0 Å². The molecule has 0 saturated carbocycles. The normalized spacial score (nSPS) is 14.1. The fourth-order valence-electron chi connectivity index (χ4n) is 2.48. The lowest BCUT2D eigenvalue weighted by Crippen LogP contribution is -2.05. The Labute approximate surface area is 125 Å². The van der Waals surface area contributed by atoms with Crippen molar-refractivity contribution in [3.8, 4) is 0 Å². The summed E-state index contributed by atoms with van der Waals surface area (Å²) in [5.41, 5.74) is 4.18. The predicted octanol–water partition coefficient (Wildman–Crippen LogP) is 5.88. The van der Waals surface area contributed by atoms with Crippen LogP contribution in [0.4, 0.5) is 0 Å². The fourth-order valence-corrected chi connectivity index (χ4v) is 3.47. The van der Waals surface area contributed by atoms with Crippen LogP contribution in [-0.2, 0) is 6.42 Å². The van der Waals surface area contributed by atoms with Crippen molar-refractivity contribution in [3.63, 3.8) is 0 Å². The number of aryl methyl sites for hydroxylation is 1. The minimum Gasteiger partial charge on any atom is -0.0832 e. The average molecular weight is 317 g/mol. The molecule has 2 unspecified atom stereocenters. The molecule has 0 aromatic heterocycles. The molecule has 1 heteroatoms. The van der Waals surface area contributed by atoms with Crippen LogP contribution in [0.2, 0.25) is 0 Å². The van der Waals surface area contributed by atoms with Crippen molar-refractivity contribution in [1.82, 2.24) is 0 Å². The van der Waals surface area contributed by atoms with Crippen molar-refractivity contribution in [3.05, 3.63) is 71.3 Å². The predicted molar refractivity (Wildman–Crippen MR) is 87.0 cm³/mol. The maximum absolute atomic E-state index is 3.90. The van der Waals surface area contributed by atoms with Crippen LogP contribution < -0.4 is 0 Å². The standard InChI is InChI=1S/C18H21Br/c1-3-14-10-12-16(13-11-14)18(19)17(4-2)15-8-6-5-7-9-15/h5-13,17-18H,3-4H2,1-2H3. The molecule has 100 valence electrons. The highest BCUT2D eigenvalue weighted by Gasteiger charge is 2.20. The second kappa shape index (κ2) is 6.91. The molecule has 0 aliphatic rings. The van der Waals surface area contributed by atoms with Gasteiger partial charge in [0.25, 0.3) is 0 Å². The van der Waals surface area contributed by atoms with Gasteiger partial charge in [0.1, 0.15) is 0 Å². The van der Waals surface area contributed by atoms with Gasteiger partial charge in [0.2, 0.25) is 0 Å². The lowest BCUT2D eigenvalue weighted by molar-refractivity contribution is 0.655. The van der Waals surface area contributed by atoms with Gasteiger partial charge in [0.05, 0.1) is 0 Å². The van der Waals surface area contributed by atoms with Gasteiger partial charge in [-0.3, -0.25) is 0 Å². The molecule has 0 amide bonds. The van der Waals surface area contributed by atoms with E-state index >= 15 is 0 Å². The van der Waals surface area contributed by atoms with Gasteiger partial charge in [-0.1, -0.05) is 84.4 Å². The highest BCUT2D eigenvalue weighted by atomic mass is 79.9. The van der Waals surface area contributed by atoms with E-state index < -0.39 is 0 Å². The van der Waals surface area contributed by atoms with E-state index in [1.165, 1.54) is 16.7 Å². The summed E-state index contributed by atoms with van der Waals surface area (Å²) in [7, 11) is 0. The Balaban J connectivity index is 2.22. The molecular formula is C18H21Br. The Morgan fingerprint density at radius 2 is 1.47 bits per heavy atom. The van der Waals surface area contributed by atoms with E-state index in [0.29, 0.717) is 10.7 Å². The molecule has 19 heavy (non-hydrogen) atoms. The third-order valence-corrected chi connectivity index (χ3v) is 4.89. The van der Waals surface area contributed by atoms with Gasteiger partial charge >= 0.3 is 0 Å². The molecule has 0 bridgehead atoms. The zero-order chi connectivity index (χ0) is 13.7. The topological polar surface area (TPSA) is 0 Å². The summed E-state index contributed by atoms with van der Waals surface area (Å²) in [4.78, 5) is 0.380. The molecule has 0 N–H and O–H groups in total. The van der Waals surface area contributed by atoms with Gasteiger partial charge in [0.15, 0.2) is 0 Å². The Hall–Kier alpha value is -1.08. The summed E-state index contributed by atoms with van der Waals surface area (Å²) in [6.45, 7) is 4.45. The van der Waals surface area contributed by atoms with E-state index in [2.05, 4.69) is 84.4 Å². The van der Waals surface area contributed by atoms with Crippen LogP contribution in [0.1, 0.15) is 47.7 Å². The van der Waals surface area contributed by atoms with Crippen molar-refractivity contribution in [1.29, 1.82) is 0 Å². The maximum Gasteiger partial charge on any atom is 0.0463 e. The third-order valence-electron chi connectivity index (χ3n) is 3.73. The Morgan fingerprint density at radius 3 is 2.00 bits per heavy atom. The smallest absolute Gasteiger partial charge is 0.0463 e. The number of halogens is 1. The van der Waals surface area contributed by atoms with Crippen LogP contribution in [-0.4, -0.2) is 0 Å². The summed E-state index contributed by atoms with van der Waals surface area (Å²) < 4.78 is 0. The molecule has 0 aliphatic heterocycles. The van der Waals surface area contributed by atoms with Gasteiger partial charge in [-0.05, 0) is 29.5 Å². The molecule has 0 spiro atoms. The highest BCUT2D eigenvalue weighted by molar-refractivity contribution is 9.09. The van der Waals surface area contributed by atoms with E-state index in [4.69, 9.17) is 0 Å². The summed E-state index contributed by atoms with van der Waals surface area (Å²) in [5, 5.41) is 0. The molecule has 0 aliphatic carbocycles. The summed E-state index contributed by atoms with van der Waals surface area (Å²) in [5.74, 6) is 0.522. The molecule has 0 fully saturated rings. The third kappa shape index (κ3) is 3.48. The van der Waals surface area contributed by atoms with E-state index in [1.807, 2.05) is 0 Å². The minimum atomic E-state index is 0.380. The van der Waals surface area contributed by atoms with Crippen molar-refractivity contribution in [2.45, 2.75) is 37.4 Å². The van der Waals surface area contributed by atoms with E-state index in [0.717, 1.165) is 12.8 Å². The number of benzene rings is 2. The Bertz CT molecular complexity index is 487. The summed E-state index contributed by atoms with van der Waals surface area (Å²) >= 11 is 3.90. The van der Waals surface area contributed by atoms with Crippen LogP contribution in [0.3, 0.4) is 0 Å². The molecule has 2 rings (SSSR count). The second-order valence-electron chi connectivity index (χ2n) is 4.92. The van der Waals surface area contributed by atoms with Gasteiger partial charge in [-0.25, -0.2) is 0 Å². The Morgan fingerprint density at radius 1 is 0.842 bits per heavy atom. The number of hydrogen-bond donors (Lipinski definition) is 0. The fraction of sp³-hybridized carbons (Fsp3) is 0.333. The van der Waals surface area contributed by atoms with Gasteiger partial charge in [-0.2, -0.15) is 0 Å². The van der Waals surface area contributed by atoms with Gasteiger partial charge in [-0.15, -0.1) is 0 Å². The molecule has 2 atom stereocenters. The van der Waals surface area contributed by atoms with Crippen LogP contribution in [0, 0.1) is 0 Å². The summed E-state index contributed by atoms with van der Waals surface area (Å²) in [6.07, 6.45) is 2.23. The number of alkyl halides is 1. The minimum absolute atomic E-state index is 0.380. The quantitative estimate of drug-likeness (QED) is 0.604. The first-order valence-corrected chi connectivity index (χ1v) is 7.95. The molecule has 0 nitrogen and oxygen atoms in total. The lowest BCUT2D eigenvalue weighted by atomic mass is 9.89. The first-order chi connectivity index (χ1) is 9.26. The van der Waals surface area contributed by atoms with Crippen molar-refractivity contribution >= 4 is 15.9 Å². The molecule has 0 saturated heterocycles. The molecule has 0 radical (unpaired) electrons. The molecule has 2 aromatic rings. The van der Waals surface area contributed by atoms with Crippen molar-refractivity contribution in [2.24, 2.45) is 0 Å².